The molecule has 0 amide bonds. The summed E-state index contributed by atoms with van der Waals surface area (Å²) < 4.78 is 39.9. The van der Waals surface area contributed by atoms with Crippen molar-refractivity contribution in [2.45, 2.75) is 37.1 Å². The van der Waals surface area contributed by atoms with Gasteiger partial charge in [-0.1, -0.05) is 26.0 Å². The summed E-state index contributed by atoms with van der Waals surface area (Å²) in [5.41, 5.74) is -2.73. The van der Waals surface area contributed by atoms with E-state index in [1.807, 2.05) is 13.0 Å². The van der Waals surface area contributed by atoms with Crippen LogP contribution < -0.4 is 0 Å². The molecule has 0 aliphatic carbocycles. The first-order valence-corrected chi connectivity index (χ1v) is 8.23. The maximum Gasteiger partial charge on any atom is 0.445 e. The van der Waals surface area contributed by atoms with Gasteiger partial charge >= 0.3 is 5.51 Å². The number of fused-ring (bicyclic) bond motifs is 1. The summed E-state index contributed by atoms with van der Waals surface area (Å²) >= 11 is 0. The molecule has 18 heavy (non-hydrogen) atoms. The average molecular weight is 295 g/mol. The van der Waals surface area contributed by atoms with Crippen molar-refractivity contribution < 1.29 is 13.2 Å². The van der Waals surface area contributed by atoms with E-state index in [0.29, 0.717) is 16.9 Å². The maximum absolute atomic E-state index is 13.3. The van der Waals surface area contributed by atoms with E-state index in [-0.39, 0.29) is 4.90 Å². The standard InChI is InChI=1S/C13H14ClF3S/c1-3-9-5-6-12-10(7-9)8-11(4-2)18(12,14)13(15,16)17/h5-8H,3-4H2,1-2H3. The molecule has 0 saturated carbocycles. The monoisotopic (exact) mass is 294 g/mol. The fraction of sp³-hybridized carbons (Fsp3) is 0.385. The van der Waals surface area contributed by atoms with E-state index >= 15 is 0 Å². The van der Waals surface area contributed by atoms with Gasteiger partial charge in [0.15, 0.2) is 0 Å². The van der Waals surface area contributed by atoms with Crippen molar-refractivity contribution in [2.24, 2.45) is 0 Å². The van der Waals surface area contributed by atoms with Crippen LogP contribution in [0, 0.1) is 0 Å². The largest absolute Gasteiger partial charge is 0.445 e. The molecule has 1 heterocycles. The predicted octanol–water partition coefficient (Wildman–Crippen LogP) is 5.85. The number of aryl methyl sites for hydroxylation is 1. The third kappa shape index (κ3) is 1.86. The second-order valence-corrected chi connectivity index (χ2v) is 8.06. The van der Waals surface area contributed by atoms with Crippen molar-refractivity contribution in [3.8, 4) is 0 Å². The number of alkyl halides is 3. The predicted molar refractivity (Wildman–Crippen MR) is 71.9 cm³/mol. The second-order valence-electron chi connectivity index (χ2n) is 4.17. The highest BCUT2D eigenvalue weighted by Gasteiger charge is 2.55. The van der Waals surface area contributed by atoms with Gasteiger partial charge < -0.3 is 0 Å². The molecule has 1 aromatic carbocycles. The van der Waals surface area contributed by atoms with Crippen molar-refractivity contribution in [2.75, 3.05) is 0 Å². The first-order chi connectivity index (χ1) is 8.34. The number of hydrogen-bond donors (Lipinski definition) is 0. The molecule has 0 bridgehead atoms. The lowest BCUT2D eigenvalue weighted by Crippen LogP contribution is -2.16. The Morgan fingerprint density at radius 3 is 2.33 bits per heavy atom. The Labute approximate surface area is 111 Å². The van der Waals surface area contributed by atoms with E-state index in [4.69, 9.17) is 10.7 Å². The summed E-state index contributed by atoms with van der Waals surface area (Å²) in [6, 6.07) is 5.10. The molecule has 0 N–H and O–H groups in total. The van der Waals surface area contributed by atoms with E-state index in [1.54, 1.807) is 25.1 Å². The minimum absolute atomic E-state index is 0.241. The summed E-state index contributed by atoms with van der Waals surface area (Å²) in [6.07, 6.45) is 2.75. The third-order valence-electron chi connectivity index (χ3n) is 3.13. The molecule has 1 aliphatic rings. The molecule has 0 fully saturated rings. The zero-order chi connectivity index (χ0) is 13.6. The smallest absolute Gasteiger partial charge is 0.160 e. The van der Waals surface area contributed by atoms with Crippen LogP contribution in [0.4, 0.5) is 13.2 Å². The maximum atomic E-state index is 13.3. The molecule has 1 aliphatic heterocycles. The van der Waals surface area contributed by atoms with Crippen LogP contribution in [0.3, 0.4) is 0 Å². The van der Waals surface area contributed by atoms with Gasteiger partial charge in [-0.05, 0) is 60.9 Å². The fourth-order valence-electron chi connectivity index (χ4n) is 2.16. The summed E-state index contributed by atoms with van der Waals surface area (Å²) in [5.74, 6) is 0. The second kappa shape index (κ2) is 4.49. The van der Waals surface area contributed by atoms with Crippen molar-refractivity contribution in [1.29, 1.82) is 0 Å². The van der Waals surface area contributed by atoms with Crippen LogP contribution in [0.15, 0.2) is 28.0 Å². The minimum atomic E-state index is -4.39. The molecule has 1 atom stereocenters. The van der Waals surface area contributed by atoms with Crippen LogP contribution in [0.25, 0.3) is 6.08 Å². The number of rotatable bonds is 2. The van der Waals surface area contributed by atoms with Gasteiger partial charge in [-0.2, -0.15) is 13.2 Å². The molecule has 1 aromatic rings. The van der Waals surface area contributed by atoms with Gasteiger partial charge in [0.25, 0.3) is 0 Å². The Balaban J connectivity index is 2.63. The summed E-state index contributed by atoms with van der Waals surface area (Å²) in [6.45, 7) is 3.69. The first kappa shape index (κ1) is 13.8. The van der Waals surface area contributed by atoms with Gasteiger partial charge in [0.1, 0.15) is 0 Å². The molecule has 1 unspecified atom stereocenters. The Hall–Kier alpha value is -0.610. The summed E-state index contributed by atoms with van der Waals surface area (Å²) in [4.78, 5) is 0.547. The van der Waals surface area contributed by atoms with E-state index in [0.717, 1.165) is 12.0 Å². The SMILES string of the molecule is CCC1=Cc2cc(CC)ccc2S1(Cl)C(F)(F)F. The number of hydrogen-bond acceptors (Lipinski definition) is 0. The third-order valence-corrected chi connectivity index (χ3v) is 7.49. The van der Waals surface area contributed by atoms with Gasteiger partial charge in [-0.25, -0.2) is 0 Å². The molecule has 0 saturated heterocycles. The molecule has 2 rings (SSSR count). The van der Waals surface area contributed by atoms with Crippen LogP contribution in [0.2, 0.25) is 0 Å². The Bertz CT molecular complexity index is 507. The fourth-order valence-corrected chi connectivity index (χ4v) is 5.25. The number of halogens is 4. The molecule has 5 heteroatoms. The van der Waals surface area contributed by atoms with E-state index in [2.05, 4.69) is 0 Å². The minimum Gasteiger partial charge on any atom is -0.160 e. The molecule has 0 aromatic heterocycles. The summed E-state index contributed by atoms with van der Waals surface area (Å²) in [5, 5.41) is 0. The Kier molecular flexibility index (Phi) is 3.45. The van der Waals surface area contributed by atoms with Crippen molar-refractivity contribution in [3.63, 3.8) is 0 Å². The van der Waals surface area contributed by atoms with Crippen LogP contribution >= 0.6 is 19.9 Å². The van der Waals surface area contributed by atoms with E-state index in [1.165, 1.54) is 0 Å². The zero-order valence-corrected chi connectivity index (χ0v) is 11.7. The lowest BCUT2D eigenvalue weighted by molar-refractivity contribution is -0.0359. The van der Waals surface area contributed by atoms with Gasteiger partial charge in [0.2, 0.25) is 0 Å². The van der Waals surface area contributed by atoms with E-state index in [9.17, 15) is 13.2 Å². The van der Waals surface area contributed by atoms with Crippen LogP contribution in [0.1, 0.15) is 31.4 Å². The van der Waals surface area contributed by atoms with Crippen LogP contribution in [0.5, 0.6) is 0 Å². The topological polar surface area (TPSA) is 0 Å². The highest BCUT2D eigenvalue weighted by atomic mass is 35.7. The van der Waals surface area contributed by atoms with Crippen LogP contribution in [-0.4, -0.2) is 5.51 Å². The normalized spacial score (nSPS) is 26.4. The molecule has 0 spiro atoms. The number of benzene rings is 1. The molecule has 0 radical (unpaired) electrons. The lowest BCUT2D eigenvalue weighted by Gasteiger charge is -2.34. The number of allylic oxidation sites excluding steroid dienone is 1. The van der Waals surface area contributed by atoms with Gasteiger partial charge in [0.05, 0.1) is 0 Å². The summed E-state index contributed by atoms with van der Waals surface area (Å²) in [7, 11) is 2.67. The quantitative estimate of drug-likeness (QED) is 0.642. The van der Waals surface area contributed by atoms with Gasteiger partial charge in [-0.15, -0.1) is 0 Å². The van der Waals surface area contributed by atoms with Crippen LogP contribution in [-0.2, 0) is 6.42 Å². The van der Waals surface area contributed by atoms with E-state index < -0.39 is 14.7 Å². The van der Waals surface area contributed by atoms with Crippen molar-refractivity contribution in [3.05, 3.63) is 34.2 Å². The van der Waals surface area contributed by atoms with Gasteiger partial charge in [0, 0.05) is 4.90 Å². The molecule has 100 valence electrons. The highest BCUT2D eigenvalue weighted by molar-refractivity contribution is 8.54. The van der Waals surface area contributed by atoms with Crippen molar-refractivity contribution >= 4 is 26.0 Å². The lowest BCUT2D eigenvalue weighted by atomic mass is 10.1. The molecule has 0 nitrogen and oxygen atoms in total. The van der Waals surface area contributed by atoms with Gasteiger partial charge in [-0.3, -0.25) is 0 Å². The van der Waals surface area contributed by atoms with Crippen molar-refractivity contribution in [1.82, 2.24) is 0 Å². The average Bonchev–Trinajstić information content (AvgIpc) is 2.62. The highest BCUT2D eigenvalue weighted by Crippen LogP contribution is 2.80. The Morgan fingerprint density at radius 2 is 1.83 bits per heavy atom. The molecular formula is C13H14ClF3S. The molecular weight excluding hydrogens is 281 g/mol. The first-order valence-electron chi connectivity index (χ1n) is 5.77. The zero-order valence-electron chi connectivity index (χ0n) is 10.1. The Morgan fingerprint density at radius 1 is 1.17 bits per heavy atom.